The number of nitrogens with zero attached hydrogens (tertiary/aromatic N) is 2. The first-order valence-electron chi connectivity index (χ1n) is 7.41. The van der Waals surface area contributed by atoms with Crippen LogP contribution in [0.25, 0.3) is 0 Å². The minimum absolute atomic E-state index is 0.121. The van der Waals surface area contributed by atoms with E-state index >= 15 is 0 Å². The fourth-order valence-corrected chi connectivity index (χ4v) is 2.24. The molecule has 3 N–H and O–H groups in total. The number of hydrogen-bond donors (Lipinski definition) is 2. The van der Waals surface area contributed by atoms with Crippen molar-refractivity contribution in [2.75, 3.05) is 19.6 Å². The fraction of sp³-hybridized carbons (Fsp3) is 0.312. The Morgan fingerprint density at radius 2 is 1.87 bits per heavy atom. The Labute approximate surface area is 133 Å². The highest BCUT2D eigenvalue weighted by atomic mass is 16.2. The Kier molecular flexibility index (Phi) is 5.87. The molecule has 2 rings (SSSR count). The molecular weight excluding hydrogens is 296 g/mol. The van der Waals surface area contributed by atoms with Gasteiger partial charge in [-0.3, -0.25) is 19.1 Å². The van der Waals surface area contributed by atoms with E-state index in [1.165, 1.54) is 16.8 Å². The van der Waals surface area contributed by atoms with Gasteiger partial charge in [0.2, 0.25) is 5.91 Å². The molecule has 2 aromatic rings. The smallest absolute Gasteiger partial charge is 0.328 e. The van der Waals surface area contributed by atoms with E-state index in [0.29, 0.717) is 26.1 Å². The summed E-state index contributed by atoms with van der Waals surface area (Å²) in [5.74, 6) is -0.208. The number of aromatic nitrogens is 2. The lowest BCUT2D eigenvalue weighted by molar-refractivity contribution is -0.131. The van der Waals surface area contributed by atoms with Crippen molar-refractivity contribution >= 4 is 5.91 Å². The number of H-pyrrole nitrogens is 1. The van der Waals surface area contributed by atoms with Gasteiger partial charge in [0.15, 0.2) is 0 Å². The van der Waals surface area contributed by atoms with Crippen LogP contribution in [0.5, 0.6) is 0 Å². The Morgan fingerprint density at radius 1 is 1.13 bits per heavy atom. The third kappa shape index (κ3) is 4.93. The number of amides is 1. The Morgan fingerprint density at radius 3 is 2.52 bits per heavy atom. The van der Waals surface area contributed by atoms with Gasteiger partial charge in [-0.15, -0.1) is 0 Å². The number of carbonyl (C=O) groups excluding carboxylic acids is 1. The average molecular weight is 316 g/mol. The molecule has 0 radical (unpaired) electrons. The van der Waals surface area contributed by atoms with Crippen LogP contribution < -0.4 is 17.0 Å². The zero-order chi connectivity index (χ0) is 16.7. The van der Waals surface area contributed by atoms with Crippen LogP contribution in [-0.2, 0) is 17.8 Å². The minimum Gasteiger partial charge on any atom is -0.340 e. The van der Waals surface area contributed by atoms with E-state index in [0.717, 1.165) is 5.56 Å². The lowest BCUT2D eigenvalue weighted by Gasteiger charge is -2.22. The quantitative estimate of drug-likeness (QED) is 0.723. The van der Waals surface area contributed by atoms with Gasteiger partial charge >= 0.3 is 5.69 Å². The second-order valence-electron chi connectivity index (χ2n) is 5.14. The van der Waals surface area contributed by atoms with Crippen LogP contribution in [-0.4, -0.2) is 40.0 Å². The Bertz CT molecular complexity index is 752. The van der Waals surface area contributed by atoms with Crippen molar-refractivity contribution in [3.8, 4) is 0 Å². The Hall–Kier alpha value is -2.67. The zero-order valence-electron chi connectivity index (χ0n) is 12.8. The third-order valence-electron chi connectivity index (χ3n) is 3.47. The molecule has 0 fully saturated rings. The van der Waals surface area contributed by atoms with E-state index in [9.17, 15) is 14.4 Å². The molecule has 0 atom stereocenters. The first-order chi connectivity index (χ1) is 11.1. The van der Waals surface area contributed by atoms with Gasteiger partial charge in [-0.1, -0.05) is 30.3 Å². The summed E-state index contributed by atoms with van der Waals surface area (Å²) in [5, 5.41) is 0. The topological polar surface area (TPSA) is 101 Å². The summed E-state index contributed by atoms with van der Waals surface area (Å²) in [7, 11) is 0. The molecule has 0 unspecified atom stereocenters. The van der Waals surface area contributed by atoms with Crippen LogP contribution >= 0.6 is 0 Å². The maximum Gasteiger partial charge on any atom is 0.328 e. The highest BCUT2D eigenvalue weighted by Crippen LogP contribution is 2.02. The van der Waals surface area contributed by atoms with E-state index in [2.05, 4.69) is 4.98 Å². The van der Waals surface area contributed by atoms with E-state index in [4.69, 9.17) is 5.73 Å². The van der Waals surface area contributed by atoms with Gasteiger partial charge in [0.25, 0.3) is 5.56 Å². The third-order valence-corrected chi connectivity index (χ3v) is 3.47. The summed E-state index contributed by atoms with van der Waals surface area (Å²) >= 11 is 0. The average Bonchev–Trinajstić information content (AvgIpc) is 2.55. The standard InChI is InChI=1S/C16H20N4O3/c17-8-11-19(9-6-13-4-2-1-3-5-13)15(22)12-20-10-7-14(21)18-16(20)23/h1-5,7,10H,6,8-9,11-12,17H2,(H,18,21,23). The molecular formula is C16H20N4O3. The van der Waals surface area contributed by atoms with Crippen molar-refractivity contribution < 1.29 is 4.79 Å². The van der Waals surface area contributed by atoms with Crippen LogP contribution in [0.4, 0.5) is 0 Å². The lowest BCUT2D eigenvalue weighted by atomic mass is 10.1. The maximum atomic E-state index is 12.4. The molecule has 0 bridgehead atoms. The molecule has 0 aliphatic rings. The van der Waals surface area contributed by atoms with Crippen molar-refractivity contribution in [3.63, 3.8) is 0 Å². The molecule has 1 heterocycles. The van der Waals surface area contributed by atoms with Gasteiger partial charge in [0, 0.05) is 31.9 Å². The van der Waals surface area contributed by atoms with Crippen LogP contribution in [0.1, 0.15) is 5.56 Å². The summed E-state index contributed by atoms with van der Waals surface area (Å²) in [6.07, 6.45) is 2.03. The van der Waals surface area contributed by atoms with Gasteiger partial charge in [0.05, 0.1) is 0 Å². The highest BCUT2D eigenvalue weighted by molar-refractivity contribution is 5.76. The second-order valence-corrected chi connectivity index (χ2v) is 5.14. The predicted molar refractivity (Wildman–Crippen MR) is 87.1 cm³/mol. The van der Waals surface area contributed by atoms with E-state index in [1.54, 1.807) is 4.90 Å². The zero-order valence-corrected chi connectivity index (χ0v) is 12.8. The lowest BCUT2D eigenvalue weighted by Crippen LogP contribution is -2.41. The van der Waals surface area contributed by atoms with Crippen molar-refractivity contribution in [2.24, 2.45) is 5.73 Å². The monoisotopic (exact) mass is 316 g/mol. The predicted octanol–water partition coefficient (Wildman–Crippen LogP) is -0.433. The number of carbonyl (C=O) groups is 1. The summed E-state index contributed by atoms with van der Waals surface area (Å²) in [5.41, 5.74) is 5.62. The van der Waals surface area contributed by atoms with Gasteiger partial charge < -0.3 is 10.6 Å². The van der Waals surface area contributed by atoms with E-state index < -0.39 is 11.2 Å². The minimum atomic E-state index is -0.596. The normalized spacial score (nSPS) is 10.5. The molecule has 0 spiro atoms. The summed E-state index contributed by atoms with van der Waals surface area (Å²) < 4.78 is 1.18. The van der Waals surface area contributed by atoms with Gasteiger partial charge in [-0.25, -0.2) is 4.79 Å². The first kappa shape index (κ1) is 16.7. The maximum absolute atomic E-state index is 12.4. The van der Waals surface area contributed by atoms with Gasteiger partial charge in [-0.2, -0.15) is 0 Å². The molecule has 122 valence electrons. The number of benzene rings is 1. The van der Waals surface area contributed by atoms with Crippen molar-refractivity contribution in [3.05, 3.63) is 69.0 Å². The summed E-state index contributed by atoms with van der Waals surface area (Å²) in [6.45, 7) is 1.17. The SMILES string of the molecule is NCCN(CCc1ccccc1)C(=O)Cn1ccc(=O)[nH]c1=O. The molecule has 1 aromatic heterocycles. The number of hydrogen-bond acceptors (Lipinski definition) is 4. The van der Waals surface area contributed by atoms with Crippen LogP contribution in [0, 0.1) is 0 Å². The molecule has 0 aliphatic carbocycles. The van der Waals surface area contributed by atoms with Crippen LogP contribution in [0.2, 0.25) is 0 Å². The number of rotatable bonds is 7. The Balaban J connectivity index is 2.02. The number of aromatic amines is 1. The molecule has 0 saturated heterocycles. The number of nitrogens with one attached hydrogen (secondary N) is 1. The van der Waals surface area contributed by atoms with E-state index in [-0.39, 0.29) is 12.5 Å². The van der Waals surface area contributed by atoms with Crippen molar-refractivity contribution in [1.82, 2.24) is 14.5 Å². The summed E-state index contributed by atoms with van der Waals surface area (Å²) in [6, 6.07) is 11.0. The molecule has 1 aromatic carbocycles. The fourth-order valence-electron chi connectivity index (χ4n) is 2.24. The number of nitrogens with two attached hydrogens (primary N) is 1. The van der Waals surface area contributed by atoms with Crippen molar-refractivity contribution in [2.45, 2.75) is 13.0 Å². The first-order valence-corrected chi connectivity index (χ1v) is 7.41. The molecule has 0 saturated carbocycles. The molecule has 1 amide bonds. The molecule has 7 heteroatoms. The summed E-state index contributed by atoms with van der Waals surface area (Å²) in [4.78, 5) is 38.8. The molecule has 0 aliphatic heterocycles. The second kappa shape index (κ2) is 8.09. The van der Waals surface area contributed by atoms with E-state index in [1.807, 2.05) is 30.3 Å². The molecule has 23 heavy (non-hydrogen) atoms. The highest BCUT2D eigenvalue weighted by Gasteiger charge is 2.14. The van der Waals surface area contributed by atoms with Crippen LogP contribution in [0.15, 0.2) is 52.2 Å². The van der Waals surface area contributed by atoms with Crippen LogP contribution in [0.3, 0.4) is 0 Å². The van der Waals surface area contributed by atoms with Crippen molar-refractivity contribution in [1.29, 1.82) is 0 Å². The van der Waals surface area contributed by atoms with Gasteiger partial charge in [0.1, 0.15) is 6.54 Å². The van der Waals surface area contributed by atoms with Gasteiger partial charge in [-0.05, 0) is 12.0 Å². The molecule has 7 nitrogen and oxygen atoms in total. The largest absolute Gasteiger partial charge is 0.340 e.